The highest BCUT2D eigenvalue weighted by atomic mass is 16.5. The lowest BCUT2D eigenvalue weighted by atomic mass is 10.0. The summed E-state index contributed by atoms with van der Waals surface area (Å²) in [5, 5.41) is 0. The number of likely N-dealkylation sites (tertiary alicyclic amines) is 1. The van der Waals surface area contributed by atoms with Crippen LogP contribution in [0.25, 0.3) is 0 Å². The van der Waals surface area contributed by atoms with Crippen LogP contribution in [-0.2, 0) is 15.9 Å². The van der Waals surface area contributed by atoms with E-state index < -0.39 is 0 Å². The number of ether oxygens (including phenoxy) is 2. The molecule has 1 aromatic heterocycles. The highest BCUT2D eigenvalue weighted by molar-refractivity contribution is 5.12. The third-order valence-electron chi connectivity index (χ3n) is 4.50. The van der Waals surface area contributed by atoms with E-state index in [1.807, 2.05) is 24.5 Å². The van der Waals surface area contributed by atoms with Crippen molar-refractivity contribution in [2.45, 2.75) is 37.5 Å². The van der Waals surface area contributed by atoms with Gasteiger partial charge in [0.25, 0.3) is 0 Å². The lowest BCUT2D eigenvalue weighted by Crippen LogP contribution is -2.44. The van der Waals surface area contributed by atoms with E-state index in [0.717, 1.165) is 39.0 Å². The topological polar surface area (TPSA) is 34.6 Å². The van der Waals surface area contributed by atoms with Gasteiger partial charge in [0.05, 0.1) is 19.3 Å². The van der Waals surface area contributed by atoms with Gasteiger partial charge in [0.2, 0.25) is 0 Å². The fraction of sp³-hybridized carbons (Fsp3) is 0.588. The second-order valence-electron chi connectivity index (χ2n) is 5.84. The molecule has 21 heavy (non-hydrogen) atoms. The van der Waals surface area contributed by atoms with Gasteiger partial charge in [-0.2, -0.15) is 0 Å². The van der Waals surface area contributed by atoms with Crippen LogP contribution in [0.3, 0.4) is 0 Å². The van der Waals surface area contributed by atoms with Crippen molar-refractivity contribution in [2.75, 3.05) is 26.4 Å². The Hall–Kier alpha value is -1.23. The lowest BCUT2D eigenvalue weighted by molar-refractivity contribution is 0.0317. The zero-order chi connectivity index (χ0) is 14.5. The van der Waals surface area contributed by atoms with Crippen molar-refractivity contribution < 1.29 is 9.47 Å². The van der Waals surface area contributed by atoms with E-state index in [1.165, 1.54) is 5.56 Å². The second kappa shape index (κ2) is 7.16. The first-order valence-electron chi connectivity index (χ1n) is 7.83. The summed E-state index contributed by atoms with van der Waals surface area (Å²) in [4.78, 5) is 6.83. The van der Waals surface area contributed by atoms with E-state index in [0.29, 0.717) is 18.7 Å². The van der Waals surface area contributed by atoms with Gasteiger partial charge in [0.1, 0.15) is 0 Å². The molecule has 4 nitrogen and oxygen atoms in total. The highest BCUT2D eigenvalue weighted by Gasteiger charge is 2.39. The molecule has 0 aromatic carbocycles. The first-order chi connectivity index (χ1) is 10.4. The van der Waals surface area contributed by atoms with Gasteiger partial charge in [0, 0.05) is 37.6 Å². The average Bonchev–Trinajstić information content (AvgIpc) is 3.16. The molecule has 0 amide bonds. The number of hydrogen-bond acceptors (Lipinski definition) is 4. The molecule has 2 fully saturated rings. The Morgan fingerprint density at radius 1 is 1.48 bits per heavy atom. The molecule has 1 aromatic rings. The first kappa shape index (κ1) is 14.7. The molecule has 0 aliphatic carbocycles. The Kier molecular flexibility index (Phi) is 5.01. The summed E-state index contributed by atoms with van der Waals surface area (Å²) in [6.45, 7) is 7.23. The number of hydrogen-bond donors (Lipinski definition) is 0. The zero-order valence-electron chi connectivity index (χ0n) is 12.5. The predicted octanol–water partition coefficient (Wildman–Crippen LogP) is 2.06. The van der Waals surface area contributed by atoms with Crippen LogP contribution in [0.5, 0.6) is 0 Å². The van der Waals surface area contributed by atoms with Crippen LogP contribution in [-0.4, -0.2) is 54.4 Å². The van der Waals surface area contributed by atoms with Gasteiger partial charge in [-0.15, -0.1) is 6.58 Å². The second-order valence-corrected chi connectivity index (χ2v) is 5.84. The minimum atomic E-state index is 0.281. The minimum absolute atomic E-state index is 0.281. The fourth-order valence-corrected chi connectivity index (χ4v) is 3.48. The van der Waals surface area contributed by atoms with Crippen LogP contribution in [0.4, 0.5) is 0 Å². The highest BCUT2D eigenvalue weighted by Crippen LogP contribution is 2.29. The summed E-state index contributed by atoms with van der Waals surface area (Å²) in [7, 11) is 0. The average molecular weight is 288 g/mol. The van der Waals surface area contributed by atoms with Gasteiger partial charge in [-0.1, -0.05) is 12.1 Å². The van der Waals surface area contributed by atoms with Crippen molar-refractivity contribution >= 4 is 0 Å². The normalized spacial score (nSPS) is 29.8. The lowest BCUT2D eigenvalue weighted by Gasteiger charge is -2.32. The molecule has 2 saturated heterocycles. The molecule has 0 N–H and O–H groups in total. The van der Waals surface area contributed by atoms with Crippen molar-refractivity contribution in [3.63, 3.8) is 0 Å². The van der Waals surface area contributed by atoms with Crippen molar-refractivity contribution in [1.82, 2.24) is 9.88 Å². The molecule has 0 bridgehead atoms. The van der Waals surface area contributed by atoms with E-state index in [1.54, 1.807) is 0 Å². The van der Waals surface area contributed by atoms with E-state index in [9.17, 15) is 0 Å². The Balaban J connectivity index is 1.72. The molecule has 0 radical (unpaired) electrons. The maximum absolute atomic E-state index is 6.01. The molecule has 0 spiro atoms. The van der Waals surface area contributed by atoms with Crippen LogP contribution >= 0.6 is 0 Å². The molecule has 1 unspecified atom stereocenters. The van der Waals surface area contributed by atoms with Crippen molar-refractivity contribution in [2.24, 2.45) is 0 Å². The van der Waals surface area contributed by atoms with E-state index in [2.05, 4.69) is 22.5 Å². The fourth-order valence-electron chi connectivity index (χ4n) is 3.48. The number of nitrogens with zero attached hydrogens (tertiary/aromatic N) is 2. The van der Waals surface area contributed by atoms with Gasteiger partial charge in [0.15, 0.2) is 0 Å². The Morgan fingerprint density at radius 3 is 3.14 bits per heavy atom. The molecule has 4 heteroatoms. The summed E-state index contributed by atoms with van der Waals surface area (Å²) < 4.78 is 11.6. The smallest absolute Gasteiger partial charge is 0.0750 e. The maximum atomic E-state index is 6.01. The van der Waals surface area contributed by atoms with E-state index >= 15 is 0 Å². The van der Waals surface area contributed by atoms with Gasteiger partial charge in [-0.3, -0.25) is 9.88 Å². The van der Waals surface area contributed by atoms with Crippen molar-refractivity contribution in [3.05, 3.63) is 42.7 Å². The quantitative estimate of drug-likeness (QED) is 0.751. The van der Waals surface area contributed by atoms with Crippen molar-refractivity contribution in [3.8, 4) is 0 Å². The molecular formula is C17H24N2O2. The summed E-state index contributed by atoms with van der Waals surface area (Å²) in [6.07, 6.45) is 9.13. The largest absolute Gasteiger partial charge is 0.380 e. The van der Waals surface area contributed by atoms with Gasteiger partial charge in [-0.05, 0) is 30.9 Å². The monoisotopic (exact) mass is 288 g/mol. The molecular weight excluding hydrogens is 264 g/mol. The van der Waals surface area contributed by atoms with Crippen molar-refractivity contribution in [1.29, 1.82) is 0 Å². The molecule has 3 rings (SSSR count). The molecule has 2 aliphatic heterocycles. The standard InChI is InChI=1S/C17H24N2O2/c1-2-9-21-17-5-8-19(15-6-10-20-13-15)16(17)11-14-4-3-7-18-12-14/h2-4,7,12,15-17H,1,5-6,8-11,13H2/t15?,16-,17-/m1/s1. The van der Waals surface area contributed by atoms with E-state index in [4.69, 9.17) is 9.47 Å². The molecule has 3 atom stereocenters. The van der Waals surface area contributed by atoms with Crippen LogP contribution in [0.2, 0.25) is 0 Å². The van der Waals surface area contributed by atoms with Gasteiger partial charge >= 0.3 is 0 Å². The molecule has 3 heterocycles. The van der Waals surface area contributed by atoms with Gasteiger partial charge in [-0.25, -0.2) is 0 Å². The Labute approximate surface area is 126 Å². The third kappa shape index (κ3) is 3.51. The van der Waals surface area contributed by atoms with Crippen LogP contribution in [0.1, 0.15) is 18.4 Å². The molecule has 0 saturated carbocycles. The first-order valence-corrected chi connectivity index (χ1v) is 7.83. The molecule has 114 valence electrons. The SMILES string of the molecule is C=CCO[C@@H]1CCN(C2CCOC2)[C@@H]1Cc1cccnc1. The minimum Gasteiger partial charge on any atom is -0.380 e. The van der Waals surface area contributed by atoms with Crippen LogP contribution < -0.4 is 0 Å². The third-order valence-corrected chi connectivity index (χ3v) is 4.50. The Morgan fingerprint density at radius 2 is 2.43 bits per heavy atom. The number of aromatic nitrogens is 1. The van der Waals surface area contributed by atoms with Crippen LogP contribution in [0, 0.1) is 0 Å². The summed E-state index contributed by atoms with van der Waals surface area (Å²) in [6, 6.07) is 5.12. The maximum Gasteiger partial charge on any atom is 0.0750 e. The Bertz CT molecular complexity index is 445. The predicted molar refractivity (Wildman–Crippen MR) is 82.2 cm³/mol. The summed E-state index contributed by atoms with van der Waals surface area (Å²) in [5.41, 5.74) is 1.28. The summed E-state index contributed by atoms with van der Waals surface area (Å²) >= 11 is 0. The number of pyridine rings is 1. The zero-order valence-corrected chi connectivity index (χ0v) is 12.5. The molecule has 2 aliphatic rings. The van der Waals surface area contributed by atoms with E-state index in [-0.39, 0.29) is 6.10 Å². The number of rotatable bonds is 6. The van der Waals surface area contributed by atoms with Crippen LogP contribution in [0.15, 0.2) is 37.2 Å². The van der Waals surface area contributed by atoms with Gasteiger partial charge < -0.3 is 9.47 Å². The summed E-state index contributed by atoms with van der Waals surface area (Å²) in [5.74, 6) is 0.